The number of benzene rings is 3. The van der Waals surface area contributed by atoms with Crippen LogP contribution in [0.25, 0.3) is 32.9 Å². The molecule has 2 aliphatic heterocycles. The monoisotopic (exact) mass is 809 g/mol. The van der Waals surface area contributed by atoms with E-state index in [-0.39, 0.29) is 17.5 Å². The molecule has 57 heavy (non-hydrogen) atoms. The number of halogens is 2. The first-order chi connectivity index (χ1) is 27.1. The summed E-state index contributed by atoms with van der Waals surface area (Å²) in [6.07, 6.45) is 5.60. The number of carboxylic acid groups (broad SMARTS) is 1. The minimum absolute atomic E-state index is 0.123. The van der Waals surface area contributed by atoms with Gasteiger partial charge in [-0.3, -0.25) is 9.48 Å². The van der Waals surface area contributed by atoms with Gasteiger partial charge in [-0.25, -0.2) is 4.79 Å². The average molecular weight is 811 g/mol. The van der Waals surface area contributed by atoms with Crippen LogP contribution >= 0.6 is 23.2 Å². The summed E-state index contributed by atoms with van der Waals surface area (Å²) in [5, 5.41) is 17.9. The Morgan fingerprint density at radius 1 is 1.02 bits per heavy atom. The number of hydrogen-bond donors (Lipinski definition) is 1. The van der Waals surface area contributed by atoms with Gasteiger partial charge < -0.3 is 28.4 Å². The van der Waals surface area contributed by atoms with Crippen molar-refractivity contribution in [3.05, 3.63) is 98.0 Å². The summed E-state index contributed by atoms with van der Waals surface area (Å²) in [5.74, 6) is -0.355. The molecule has 0 aliphatic carbocycles. The second kappa shape index (κ2) is 14.6. The Morgan fingerprint density at radius 3 is 2.40 bits per heavy atom. The Kier molecular flexibility index (Phi) is 9.98. The van der Waals surface area contributed by atoms with Gasteiger partial charge in [-0.05, 0) is 101 Å². The standard InChI is InChI=1S/C45H50Cl2N6O4/c1-25-19-32(20-26(2)41(25)47)57-18-10-12-33-34-14-15-36(46)40(39-28(4)48-49(6)29(39)5)42(34)52-27(3)22-51(44(54)43(33)52)38-24-50(23-31-11-9-17-53(31,7)8)37-16-13-30(45(55)56)21-35(37)38/h13-16,19-21,24,27,31H,9-12,17-18,22-23H2,1-8H3/p+1/t27-,31-/m1/s1. The molecule has 12 heteroatoms. The van der Waals surface area contributed by atoms with Gasteiger partial charge in [0.25, 0.3) is 5.91 Å². The number of fused-ring (bicyclic) bond motifs is 4. The van der Waals surface area contributed by atoms with E-state index in [1.807, 2.05) is 74.7 Å². The van der Waals surface area contributed by atoms with Gasteiger partial charge in [-0.15, -0.1) is 0 Å². The zero-order valence-electron chi connectivity index (χ0n) is 34.0. The van der Waals surface area contributed by atoms with E-state index in [9.17, 15) is 9.90 Å². The van der Waals surface area contributed by atoms with Crippen molar-refractivity contribution in [1.82, 2.24) is 18.9 Å². The fourth-order valence-electron chi connectivity index (χ4n) is 9.52. The lowest BCUT2D eigenvalue weighted by Gasteiger charge is -2.34. The SMILES string of the molecule is Cc1cc(OCCCc2c3n(c4c(-c5c(C)nn(C)c5C)c(Cl)ccc24)[C@H](C)CN(c2cn(C[C@H]4CCC[N+]4(C)C)c4ccc(C(=O)O)cc24)C3=O)cc(C)c1Cl. The molecule has 0 radical (unpaired) electrons. The fourth-order valence-corrected chi connectivity index (χ4v) is 9.88. The number of hydrogen-bond acceptors (Lipinski definition) is 4. The number of rotatable bonds is 10. The summed E-state index contributed by atoms with van der Waals surface area (Å²) in [5.41, 5.74) is 9.96. The molecule has 0 spiro atoms. The van der Waals surface area contributed by atoms with Gasteiger partial charge in [-0.2, -0.15) is 5.10 Å². The molecule has 2 atom stereocenters. The van der Waals surface area contributed by atoms with E-state index in [2.05, 4.69) is 36.4 Å². The van der Waals surface area contributed by atoms with Gasteiger partial charge in [0.2, 0.25) is 0 Å². The number of aryl methyl sites for hydroxylation is 5. The number of amides is 1. The third kappa shape index (κ3) is 6.59. The number of aromatic nitrogens is 4. The van der Waals surface area contributed by atoms with E-state index in [0.717, 1.165) is 108 Å². The van der Waals surface area contributed by atoms with Gasteiger partial charge in [0, 0.05) is 71.3 Å². The zero-order valence-corrected chi connectivity index (χ0v) is 35.6. The van der Waals surface area contributed by atoms with Crippen molar-refractivity contribution >= 4 is 62.6 Å². The van der Waals surface area contributed by atoms with E-state index in [1.54, 1.807) is 12.1 Å². The minimum Gasteiger partial charge on any atom is -0.494 e. The molecule has 10 nitrogen and oxygen atoms in total. The van der Waals surface area contributed by atoms with E-state index in [4.69, 9.17) is 33.0 Å². The maximum atomic E-state index is 15.4. The van der Waals surface area contributed by atoms with Gasteiger partial charge in [0.15, 0.2) is 0 Å². The minimum atomic E-state index is -0.999. The Hall–Kier alpha value is -4.77. The molecule has 3 aromatic heterocycles. The zero-order chi connectivity index (χ0) is 40.7. The second-order valence-corrected chi connectivity index (χ2v) is 17.6. The molecule has 6 aromatic rings. The number of carbonyl (C=O) groups excluding carboxylic acids is 1. The summed E-state index contributed by atoms with van der Waals surface area (Å²) in [6, 6.07) is 13.4. The number of likely N-dealkylation sites (N-methyl/N-ethyl adjacent to an activating group) is 1. The van der Waals surface area contributed by atoms with E-state index in [0.29, 0.717) is 42.8 Å². The quantitative estimate of drug-likeness (QED) is 0.110. The maximum Gasteiger partial charge on any atom is 0.335 e. The lowest BCUT2D eigenvalue weighted by atomic mass is 9.98. The highest BCUT2D eigenvalue weighted by molar-refractivity contribution is 6.35. The predicted octanol–water partition coefficient (Wildman–Crippen LogP) is 9.71. The van der Waals surface area contributed by atoms with Gasteiger partial charge in [0.05, 0.1) is 66.8 Å². The highest BCUT2D eigenvalue weighted by atomic mass is 35.5. The normalized spacial score (nSPS) is 17.9. The molecule has 8 rings (SSSR count). The van der Waals surface area contributed by atoms with Gasteiger partial charge >= 0.3 is 5.97 Å². The largest absolute Gasteiger partial charge is 0.494 e. The Bertz CT molecular complexity index is 2590. The summed E-state index contributed by atoms with van der Waals surface area (Å²) < 4.78 is 13.5. The lowest BCUT2D eigenvalue weighted by molar-refractivity contribution is -0.902. The van der Waals surface area contributed by atoms with Crippen molar-refractivity contribution in [3.8, 4) is 16.9 Å². The van der Waals surface area contributed by atoms with Gasteiger partial charge in [-0.1, -0.05) is 29.3 Å². The van der Waals surface area contributed by atoms with Crippen molar-refractivity contribution < 1.29 is 23.9 Å². The van der Waals surface area contributed by atoms with Crippen molar-refractivity contribution in [2.45, 2.75) is 78.9 Å². The van der Waals surface area contributed by atoms with Crippen LogP contribution in [0, 0.1) is 27.7 Å². The molecule has 2 aliphatic rings. The fraction of sp³-hybridized carbons (Fsp3) is 0.400. The van der Waals surface area contributed by atoms with Crippen LogP contribution in [0.2, 0.25) is 10.0 Å². The number of ether oxygens (including phenoxy) is 1. The summed E-state index contributed by atoms with van der Waals surface area (Å²) in [4.78, 5) is 29.6. The van der Waals surface area contributed by atoms with Crippen molar-refractivity contribution in [2.24, 2.45) is 7.05 Å². The van der Waals surface area contributed by atoms with Crippen LogP contribution in [0.1, 0.15) is 81.2 Å². The van der Waals surface area contributed by atoms with Crippen LogP contribution in [0.15, 0.2) is 48.7 Å². The number of carbonyl (C=O) groups is 2. The molecule has 1 fully saturated rings. The Morgan fingerprint density at radius 2 is 1.75 bits per heavy atom. The number of likely N-dealkylation sites (tertiary alicyclic amines) is 1. The highest BCUT2D eigenvalue weighted by Crippen LogP contribution is 2.46. The number of quaternary nitrogens is 1. The third-order valence-electron chi connectivity index (χ3n) is 12.6. The van der Waals surface area contributed by atoms with Crippen molar-refractivity contribution in [1.29, 1.82) is 0 Å². The second-order valence-electron chi connectivity index (χ2n) is 16.8. The van der Waals surface area contributed by atoms with E-state index >= 15 is 4.79 Å². The summed E-state index contributed by atoms with van der Waals surface area (Å²) >= 11 is 13.6. The molecule has 1 saturated heterocycles. The molecule has 298 valence electrons. The van der Waals surface area contributed by atoms with E-state index < -0.39 is 5.97 Å². The first kappa shape index (κ1) is 39.1. The first-order valence-corrected chi connectivity index (χ1v) is 20.6. The average Bonchev–Trinajstić information content (AvgIpc) is 3.87. The van der Waals surface area contributed by atoms with Crippen LogP contribution in [-0.4, -0.2) is 80.2 Å². The molecular weight excluding hydrogens is 759 g/mol. The Balaban J connectivity index is 1.27. The number of carboxylic acids is 1. The van der Waals surface area contributed by atoms with Crippen LogP contribution in [0.4, 0.5) is 5.69 Å². The molecule has 1 N–H and O–H groups in total. The molecule has 5 heterocycles. The van der Waals surface area contributed by atoms with Crippen LogP contribution in [-0.2, 0) is 20.0 Å². The summed E-state index contributed by atoms with van der Waals surface area (Å²) in [7, 11) is 6.49. The molecule has 3 aromatic carbocycles. The maximum absolute atomic E-state index is 15.4. The van der Waals surface area contributed by atoms with Crippen LogP contribution in [0.5, 0.6) is 5.75 Å². The number of aromatic carboxylic acids is 1. The van der Waals surface area contributed by atoms with E-state index in [1.165, 1.54) is 0 Å². The van der Waals surface area contributed by atoms with Gasteiger partial charge in [0.1, 0.15) is 17.5 Å². The molecule has 0 saturated carbocycles. The van der Waals surface area contributed by atoms with Crippen molar-refractivity contribution in [2.75, 3.05) is 38.7 Å². The summed E-state index contributed by atoms with van der Waals surface area (Å²) in [6.45, 7) is 12.9. The molecule has 0 bridgehead atoms. The number of anilines is 1. The smallest absolute Gasteiger partial charge is 0.335 e. The molecule has 1 amide bonds. The third-order valence-corrected chi connectivity index (χ3v) is 13.5. The van der Waals surface area contributed by atoms with Crippen molar-refractivity contribution in [3.63, 3.8) is 0 Å². The predicted molar refractivity (Wildman–Crippen MR) is 229 cm³/mol. The first-order valence-electron chi connectivity index (χ1n) is 19.8. The highest BCUT2D eigenvalue weighted by Gasteiger charge is 2.39. The topological polar surface area (TPSA) is 94.5 Å². The number of nitrogens with zero attached hydrogens (tertiary/aromatic N) is 6. The van der Waals surface area contributed by atoms with Crippen LogP contribution < -0.4 is 9.64 Å². The molecular formula is C45H51Cl2N6O4+. The van der Waals surface area contributed by atoms with Crippen LogP contribution in [0.3, 0.4) is 0 Å². The Labute approximate surface area is 343 Å². The lowest BCUT2D eigenvalue weighted by Crippen LogP contribution is -2.45. The molecule has 0 unspecified atom stereocenters.